The Hall–Kier alpha value is -0.480. The van der Waals surface area contributed by atoms with Crippen molar-refractivity contribution < 1.29 is 59.1 Å². The van der Waals surface area contributed by atoms with Gasteiger partial charge < -0.3 is 59.1 Å². The Bertz CT molecular complexity index is 365. The van der Waals surface area contributed by atoms with Crippen LogP contribution in [-0.2, 0) is 28.4 Å². The SMILES string of the molecule is OCCCOC1C(OCCCO)C(OCCCO)C(OCCCO)C(OCCCO)C1OCCCO. The van der Waals surface area contributed by atoms with Crippen molar-refractivity contribution in [3.05, 3.63) is 0 Å². The summed E-state index contributed by atoms with van der Waals surface area (Å²) in [5.41, 5.74) is 0. The number of hydrogen-bond donors (Lipinski definition) is 6. The molecule has 1 aliphatic carbocycles. The minimum Gasteiger partial charge on any atom is -0.396 e. The van der Waals surface area contributed by atoms with Crippen molar-refractivity contribution in [2.75, 3.05) is 79.3 Å². The summed E-state index contributed by atoms with van der Waals surface area (Å²) in [7, 11) is 0. The zero-order chi connectivity index (χ0) is 26.4. The van der Waals surface area contributed by atoms with Gasteiger partial charge in [0.2, 0.25) is 0 Å². The Balaban J connectivity index is 3.37. The second-order valence-electron chi connectivity index (χ2n) is 8.48. The standard InChI is InChI=1S/C24H48O12/c25-7-1-13-31-19-20(32-14-2-8-26)22(34-16-4-10-28)24(36-18-6-12-30)23(35-17-5-11-29)21(19)33-15-3-9-27/h19-30H,1-18H2. The molecule has 0 aromatic heterocycles. The lowest BCUT2D eigenvalue weighted by Crippen LogP contribution is -2.68. The molecule has 0 heterocycles. The highest BCUT2D eigenvalue weighted by molar-refractivity contribution is 5.04. The van der Waals surface area contributed by atoms with Crippen molar-refractivity contribution in [3.63, 3.8) is 0 Å². The molecule has 0 amide bonds. The van der Waals surface area contributed by atoms with Crippen LogP contribution >= 0.6 is 0 Å². The molecular formula is C24H48O12. The molecule has 0 aliphatic heterocycles. The van der Waals surface area contributed by atoms with Crippen molar-refractivity contribution >= 4 is 0 Å². The molecule has 1 rings (SSSR count). The highest BCUT2D eigenvalue weighted by atomic mass is 16.6. The summed E-state index contributed by atoms with van der Waals surface area (Å²) in [5, 5.41) is 55.8. The molecule has 12 nitrogen and oxygen atoms in total. The zero-order valence-electron chi connectivity index (χ0n) is 21.3. The van der Waals surface area contributed by atoms with Crippen molar-refractivity contribution in [1.29, 1.82) is 0 Å². The Morgan fingerprint density at radius 2 is 0.417 bits per heavy atom. The first-order chi connectivity index (χ1) is 17.7. The van der Waals surface area contributed by atoms with Crippen LogP contribution in [0.1, 0.15) is 38.5 Å². The van der Waals surface area contributed by atoms with E-state index in [1.165, 1.54) is 0 Å². The minimum absolute atomic E-state index is 0.0570. The second kappa shape index (κ2) is 22.5. The lowest BCUT2D eigenvalue weighted by molar-refractivity contribution is -0.283. The van der Waals surface area contributed by atoms with E-state index in [4.69, 9.17) is 28.4 Å². The van der Waals surface area contributed by atoms with Crippen molar-refractivity contribution in [1.82, 2.24) is 0 Å². The molecule has 0 aromatic carbocycles. The average Bonchev–Trinajstić information content (AvgIpc) is 2.88. The molecule has 6 N–H and O–H groups in total. The highest BCUT2D eigenvalue weighted by Crippen LogP contribution is 2.34. The molecule has 0 saturated heterocycles. The van der Waals surface area contributed by atoms with Crippen LogP contribution in [0.15, 0.2) is 0 Å². The van der Waals surface area contributed by atoms with Gasteiger partial charge in [-0.3, -0.25) is 0 Å². The van der Waals surface area contributed by atoms with Gasteiger partial charge in [-0.05, 0) is 38.5 Å². The Kier molecular flexibility index (Phi) is 21.0. The number of hydrogen-bond acceptors (Lipinski definition) is 12. The predicted octanol–water partition coefficient (Wildman–Crippen LogP) is -1.39. The zero-order valence-corrected chi connectivity index (χ0v) is 21.3. The third kappa shape index (κ3) is 12.4. The molecule has 0 spiro atoms. The van der Waals surface area contributed by atoms with Gasteiger partial charge in [-0.1, -0.05) is 0 Å². The molecule has 1 saturated carbocycles. The van der Waals surface area contributed by atoms with E-state index in [2.05, 4.69) is 0 Å². The molecule has 0 atom stereocenters. The predicted molar refractivity (Wildman–Crippen MR) is 129 cm³/mol. The van der Waals surface area contributed by atoms with E-state index < -0.39 is 36.6 Å². The maximum atomic E-state index is 9.29. The molecule has 0 radical (unpaired) electrons. The molecule has 0 unspecified atom stereocenters. The molecule has 12 heteroatoms. The molecule has 1 fully saturated rings. The quantitative estimate of drug-likeness (QED) is 0.0810. The normalized spacial score (nSPS) is 26.5. The van der Waals surface area contributed by atoms with Crippen molar-refractivity contribution in [3.8, 4) is 0 Å². The first-order valence-corrected chi connectivity index (χ1v) is 13.0. The van der Waals surface area contributed by atoms with Gasteiger partial charge in [-0.15, -0.1) is 0 Å². The van der Waals surface area contributed by atoms with Crippen LogP contribution in [-0.4, -0.2) is 147 Å². The summed E-state index contributed by atoms with van der Waals surface area (Å²) in [6.45, 7) is 1.01. The van der Waals surface area contributed by atoms with E-state index in [1.54, 1.807) is 0 Å². The van der Waals surface area contributed by atoms with E-state index in [1.807, 2.05) is 0 Å². The van der Waals surface area contributed by atoms with E-state index in [9.17, 15) is 30.6 Å². The average molecular weight is 529 g/mol. The lowest BCUT2D eigenvalue weighted by Gasteiger charge is -2.49. The number of rotatable bonds is 24. The van der Waals surface area contributed by atoms with Gasteiger partial charge in [0.1, 0.15) is 36.6 Å². The molecular weight excluding hydrogens is 480 g/mol. The second-order valence-corrected chi connectivity index (χ2v) is 8.48. The Morgan fingerprint density at radius 1 is 0.278 bits per heavy atom. The lowest BCUT2D eigenvalue weighted by atomic mass is 9.83. The number of aliphatic hydroxyl groups is 6. The number of aliphatic hydroxyl groups excluding tert-OH is 6. The molecule has 0 aromatic rings. The molecule has 1 aliphatic rings. The van der Waals surface area contributed by atoms with Crippen molar-refractivity contribution in [2.24, 2.45) is 0 Å². The fourth-order valence-electron chi connectivity index (χ4n) is 3.96. The van der Waals surface area contributed by atoms with Crippen LogP contribution in [0, 0.1) is 0 Å². The molecule has 0 bridgehead atoms. The van der Waals surface area contributed by atoms with Gasteiger partial charge in [0.25, 0.3) is 0 Å². The minimum atomic E-state index is -0.690. The smallest absolute Gasteiger partial charge is 0.115 e. The van der Waals surface area contributed by atoms with Gasteiger partial charge >= 0.3 is 0 Å². The fourth-order valence-corrected chi connectivity index (χ4v) is 3.96. The van der Waals surface area contributed by atoms with Crippen LogP contribution in [0.3, 0.4) is 0 Å². The van der Waals surface area contributed by atoms with Gasteiger partial charge in [0, 0.05) is 79.3 Å². The third-order valence-corrected chi connectivity index (χ3v) is 5.62. The maximum absolute atomic E-state index is 9.29. The highest BCUT2D eigenvalue weighted by Gasteiger charge is 2.54. The van der Waals surface area contributed by atoms with Gasteiger partial charge in [0.15, 0.2) is 0 Å². The molecule has 36 heavy (non-hydrogen) atoms. The first-order valence-electron chi connectivity index (χ1n) is 13.0. The van der Waals surface area contributed by atoms with Crippen LogP contribution in [0.5, 0.6) is 0 Å². The van der Waals surface area contributed by atoms with E-state index in [-0.39, 0.29) is 79.3 Å². The summed E-state index contributed by atoms with van der Waals surface area (Å²) in [6, 6.07) is 0. The van der Waals surface area contributed by atoms with Crippen LogP contribution in [0.25, 0.3) is 0 Å². The van der Waals surface area contributed by atoms with Crippen molar-refractivity contribution in [2.45, 2.75) is 75.1 Å². The van der Waals surface area contributed by atoms with E-state index in [0.29, 0.717) is 38.5 Å². The monoisotopic (exact) mass is 528 g/mol. The summed E-state index contributed by atoms with van der Waals surface area (Å²) < 4.78 is 37.0. The van der Waals surface area contributed by atoms with Gasteiger partial charge in [0.05, 0.1) is 0 Å². The summed E-state index contributed by atoms with van der Waals surface area (Å²) in [4.78, 5) is 0. The third-order valence-electron chi connectivity index (χ3n) is 5.62. The Morgan fingerprint density at radius 3 is 0.528 bits per heavy atom. The van der Waals surface area contributed by atoms with Gasteiger partial charge in [-0.2, -0.15) is 0 Å². The number of ether oxygens (including phenoxy) is 6. The summed E-state index contributed by atoms with van der Waals surface area (Å²) in [6.07, 6.45) is -1.77. The van der Waals surface area contributed by atoms with E-state index >= 15 is 0 Å². The fraction of sp³-hybridized carbons (Fsp3) is 1.00. The van der Waals surface area contributed by atoms with Gasteiger partial charge in [-0.25, -0.2) is 0 Å². The summed E-state index contributed by atoms with van der Waals surface area (Å²) >= 11 is 0. The molecule has 216 valence electrons. The van der Waals surface area contributed by atoms with Crippen LogP contribution in [0.4, 0.5) is 0 Å². The van der Waals surface area contributed by atoms with Crippen LogP contribution < -0.4 is 0 Å². The van der Waals surface area contributed by atoms with Crippen LogP contribution in [0.2, 0.25) is 0 Å². The largest absolute Gasteiger partial charge is 0.396 e. The summed E-state index contributed by atoms with van der Waals surface area (Å²) in [5.74, 6) is 0. The topological polar surface area (TPSA) is 177 Å². The first kappa shape index (κ1) is 33.5. The van der Waals surface area contributed by atoms with E-state index in [0.717, 1.165) is 0 Å². The maximum Gasteiger partial charge on any atom is 0.115 e. The Labute approximate surface area is 214 Å².